The first-order valence-electron chi connectivity index (χ1n) is 13.8. The number of fused-ring (bicyclic) bond motifs is 1. The van der Waals surface area contributed by atoms with E-state index in [-0.39, 0.29) is 30.9 Å². The van der Waals surface area contributed by atoms with Crippen LogP contribution in [0.5, 0.6) is 5.75 Å². The van der Waals surface area contributed by atoms with Crippen molar-refractivity contribution in [3.63, 3.8) is 0 Å². The van der Waals surface area contributed by atoms with Gasteiger partial charge in [-0.1, -0.05) is 44.2 Å². The molecular formula is C30H37N5O8. The predicted molar refractivity (Wildman–Crippen MR) is 157 cm³/mol. The molecule has 0 saturated heterocycles. The number of carbonyl (C=O) groups excluding carboxylic acids is 3. The van der Waals surface area contributed by atoms with Gasteiger partial charge < -0.3 is 42.0 Å². The summed E-state index contributed by atoms with van der Waals surface area (Å²) in [6, 6.07) is 8.17. The molecular weight excluding hydrogens is 558 g/mol. The summed E-state index contributed by atoms with van der Waals surface area (Å²) < 4.78 is 0. The zero-order valence-electron chi connectivity index (χ0n) is 23.9. The third-order valence-corrected chi connectivity index (χ3v) is 7.02. The quantitative estimate of drug-likeness (QED) is 0.125. The number of phenols is 1. The lowest BCUT2D eigenvalue weighted by molar-refractivity contribution is -0.143. The van der Waals surface area contributed by atoms with E-state index < -0.39 is 60.2 Å². The van der Waals surface area contributed by atoms with Gasteiger partial charge in [0.25, 0.3) is 0 Å². The summed E-state index contributed by atoms with van der Waals surface area (Å²) in [5.74, 6) is -5.08. The molecule has 0 aliphatic rings. The van der Waals surface area contributed by atoms with Crippen molar-refractivity contribution in [3.8, 4) is 5.75 Å². The lowest BCUT2D eigenvalue weighted by Gasteiger charge is -2.25. The second kappa shape index (κ2) is 14.8. The van der Waals surface area contributed by atoms with Gasteiger partial charge in [-0.05, 0) is 41.7 Å². The highest BCUT2D eigenvalue weighted by molar-refractivity contribution is 5.95. The third-order valence-electron chi connectivity index (χ3n) is 7.02. The van der Waals surface area contributed by atoms with E-state index in [2.05, 4.69) is 20.9 Å². The molecule has 4 atom stereocenters. The van der Waals surface area contributed by atoms with E-state index in [1.54, 1.807) is 20.0 Å². The Bertz CT molecular complexity index is 1450. The van der Waals surface area contributed by atoms with Crippen LogP contribution in [0.15, 0.2) is 54.7 Å². The van der Waals surface area contributed by atoms with Crippen molar-refractivity contribution >= 4 is 40.6 Å². The molecule has 3 rings (SSSR count). The van der Waals surface area contributed by atoms with Crippen molar-refractivity contribution in [2.45, 2.75) is 63.7 Å². The highest BCUT2D eigenvalue weighted by Gasteiger charge is 2.31. The molecule has 0 aliphatic heterocycles. The van der Waals surface area contributed by atoms with Crippen molar-refractivity contribution in [1.29, 1.82) is 0 Å². The van der Waals surface area contributed by atoms with Crippen LogP contribution in [0.1, 0.15) is 37.8 Å². The highest BCUT2D eigenvalue weighted by Crippen LogP contribution is 2.20. The maximum atomic E-state index is 13.6. The van der Waals surface area contributed by atoms with Gasteiger partial charge >= 0.3 is 11.9 Å². The summed E-state index contributed by atoms with van der Waals surface area (Å²) in [7, 11) is 0. The fourth-order valence-electron chi connectivity index (χ4n) is 4.45. The van der Waals surface area contributed by atoms with Crippen LogP contribution in [-0.4, -0.2) is 74.1 Å². The summed E-state index contributed by atoms with van der Waals surface area (Å²) in [6.07, 6.45) is 0.768. The summed E-state index contributed by atoms with van der Waals surface area (Å²) >= 11 is 0. The van der Waals surface area contributed by atoms with Crippen LogP contribution < -0.4 is 21.7 Å². The summed E-state index contributed by atoms with van der Waals surface area (Å²) in [4.78, 5) is 66.1. The Balaban J connectivity index is 1.84. The van der Waals surface area contributed by atoms with Crippen LogP contribution in [0.2, 0.25) is 0 Å². The SMILES string of the molecule is CC(C)[C@H](N)C(=O)N[C@@H](Cc1c[nH]c2ccccc12)C(=O)N[C@@H](CCC(=O)O)C(=O)N[C@@H](Cc1ccc(O)cc1)C(=O)O. The second-order valence-corrected chi connectivity index (χ2v) is 10.7. The number of aliphatic carboxylic acids is 2. The number of hydrogen-bond donors (Lipinski definition) is 8. The van der Waals surface area contributed by atoms with Crippen molar-refractivity contribution < 1.29 is 39.3 Å². The lowest BCUT2D eigenvalue weighted by Crippen LogP contribution is -2.58. The monoisotopic (exact) mass is 595 g/mol. The molecule has 2 aromatic carbocycles. The minimum atomic E-state index is -1.42. The van der Waals surface area contributed by atoms with Gasteiger partial charge in [-0.2, -0.15) is 0 Å². The van der Waals surface area contributed by atoms with Crippen LogP contribution in [0.4, 0.5) is 0 Å². The summed E-state index contributed by atoms with van der Waals surface area (Å²) in [6.45, 7) is 3.50. The molecule has 0 spiro atoms. The van der Waals surface area contributed by atoms with Gasteiger partial charge in [0.1, 0.15) is 23.9 Å². The number of para-hydroxylation sites is 1. The maximum Gasteiger partial charge on any atom is 0.326 e. The smallest absolute Gasteiger partial charge is 0.326 e. The maximum absolute atomic E-state index is 13.6. The van der Waals surface area contributed by atoms with Gasteiger partial charge in [-0.15, -0.1) is 0 Å². The fraction of sp³-hybridized carbons (Fsp3) is 0.367. The van der Waals surface area contributed by atoms with Crippen LogP contribution in [0.3, 0.4) is 0 Å². The predicted octanol–water partition coefficient (Wildman–Crippen LogP) is 1.05. The third kappa shape index (κ3) is 9.30. The molecule has 230 valence electrons. The number of carboxylic acid groups (broad SMARTS) is 2. The molecule has 0 saturated carbocycles. The average molecular weight is 596 g/mol. The first-order chi connectivity index (χ1) is 20.3. The minimum absolute atomic E-state index is 0.0141. The standard InChI is InChI=1S/C30H37N5O8/c1-16(2)26(31)29(41)34-23(14-18-15-32-21-6-4-3-5-20(18)21)28(40)33-22(11-12-25(37)38)27(39)35-24(30(42)43)13-17-7-9-19(36)10-8-17/h3-10,15-16,22-24,26,32,36H,11-14,31H2,1-2H3,(H,33,40)(H,34,41)(H,35,39)(H,37,38)(H,42,43)/t22-,23-,24-,26-/m0/s1. The second-order valence-electron chi connectivity index (χ2n) is 10.7. The number of nitrogens with two attached hydrogens (primary N) is 1. The number of rotatable bonds is 15. The number of hydrogen-bond acceptors (Lipinski definition) is 7. The Morgan fingerprint density at radius 3 is 2.05 bits per heavy atom. The number of phenolic OH excluding ortho intramolecular Hbond substituents is 1. The molecule has 0 fully saturated rings. The summed E-state index contributed by atoms with van der Waals surface area (Å²) in [5.41, 5.74) is 8.04. The van der Waals surface area contributed by atoms with E-state index in [1.807, 2.05) is 24.3 Å². The van der Waals surface area contributed by atoms with Gasteiger partial charge in [0.2, 0.25) is 17.7 Å². The number of carboxylic acids is 2. The number of benzene rings is 2. The van der Waals surface area contributed by atoms with Gasteiger partial charge in [0, 0.05) is 36.4 Å². The normalized spacial score (nSPS) is 14.0. The molecule has 0 bridgehead atoms. The topological polar surface area (TPSA) is 224 Å². The number of nitrogens with one attached hydrogen (secondary N) is 4. The van der Waals surface area contributed by atoms with E-state index in [4.69, 9.17) is 5.73 Å². The largest absolute Gasteiger partial charge is 0.508 e. The zero-order chi connectivity index (χ0) is 31.7. The molecule has 9 N–H and O–H groups in total. The first kappa shape index (κ1) is 32.6. The Hall–Kier alpha value is -4.91. The summed E-state index contributed by atoms with van der Waals surface area (Å²) in [5, 5.41) is 36.8. The number of aromatic amines is 1. The number of aromatic nitrogens is 1. The molecule has 1 aromatic heterocycles. The van der Waals surface area contributed by atoms with E-state index in [9.17, 15) is 39.3 Å². The van der Waals surface area contributed by atoms with E-state index in [0.29, 0.717) is 11.1 Å². The van der Waals surface area contributed by atoms with Crippen LogP contribution in [0.25, 0.3) is 10.9 Å². The van der Waals surface area contributed by atoms with Crippen LogP contribution in [0, 0.1) is 5.92 Å². The fourth-order valence-corrected chi connectivity index (χ4v) is 4.45. The van der Waals surface area contributed by atoms with Crippen molar-refractivity contribution in [2.24, 2.45) is 11.7 Å². The van der Waals surface area contributed by atoms with E-state index in [0.717, 1.165) is 10.9 Å². The van der Waals surface area contributed by atoms with Gasteiger partial charge in [0.05, 0.1) is 6.04 Å². The molecule has 0 aliphatic carbocycles. The molecule has 3 aromatic rings. The highest BCUT2D eigenvalue weighted by atomic mass is 16.4. The Morgan fingerprint density at radius 1 is 0.814 bits per heavy atom. The molecule has 13 nitrogen and oxygen atoms in total. The Labute approximate surface area is 247 Å². The zero-order valence-corrected chi connectivity index (χ0v) is 23.9. The molecule has 43 heavy (non-hydrogen) atoms. The Morgan fingerprint density at radius 2 is 1.42 bits per heavy atom. The van der Waals surface area contributed by atoms with E-state index in [1.165, 1.54) is 24.3 Å². The molecule has 0 radical (unpaired) electrons. The van der Waals surface area contributed by atoms with Gasteiger partial charge in [-0.25, -0.2) is 4.79 Å². The Kier molecular flexibility index (Phi) is 11.2. The molecule has 1 heterocycles. The average Bonchev–Trinajstić information content (AvgIpc) is 3.37. The molecule has 3 amide bonds. The first-order valence-corrected chi connectivity index (χ1v) is 13.8. The molecule has 0 unspecified atom stereocenters. The van der Waals surface area contributed by atoms with Crippen molar-refractivity contribution in [1.82, 2.24) is 20.9 Å². The molecule has 13 heteroatoms. The van der Waals surface area contributed by atoms with E-state index >= 15 is 0 Å². The number of carbonyl (C=O) groups is 5. The van der Waals surface area contributed by atoms with Crippen LogP contribution >= 0.6 is 0 Å². The van der Waals surface area contributed by atoms with Gasteiger partial charge in [0.15, 0.2) is 0 Å². The lowest BCUT2D eigenvalue weighted by atomic mass is 10.0. The van der Waals surface area contributed by atoms with Crippen molar-refractivity contribution in [2.75, 3.05) is 0 Å². The number of H-pyrrole nitrogens is 1. The van der Waals surface area contributed by atoms with Crippen LogP contribution in [-0.2, 0) is 36.8 Å². The van der Waals surface area contributed by atoms with Crippen molar-refractivity contribution in [3.05, 3.63) is 65.9 Å². The number of amides is 3. The van der Waals surface area contributed by atoms with Gasteiger partial charge in [-0.3, -0.25) is 19.2 Å². The minimum Gasteiger partial charge on any atom is -0.508 e. The number of aromatic hydroxyl groups is 1.